The fraction of sp³-hybridized carbons (Fsp3) is 0.333. The van der Waals surface area contributed by atoms with E-state index in [2.05, 4.69) is 17.4 Å². The molecule has 2 aromatic carbocycles. The lowest BCUT2D eigenvalue weighted by Gasteiger charge is -2.28. The fourth-order valence-corrected chi connectivity index (χ4v) is 3.54. The first kappa shape index (κ1) is 21.0. The number of carbonyl (C=O) groups is 2. The molecular weight excluding hydrogens is 363 g/mol. The van der Waals surface area contributed by atoms with Crippen molar-refractivity contribution in [1.29, 1.82) is 0 Å². The maximum absolute atomic E-state index is 13.1. The van der Waals surface area contributed by atoms with Gasteiger partial charge in [-0.1, -0.05) is 42.5 Å². The summed E-state index contributed by atoms with van der Waals surface area (Å²) in [6.45, 7) is 1.98. The second kappa shape index (κ2) is 10.7. The van der Waals surface area contributed by atoms with E-state index in [-0.39, 0.29) is 24.2 Å². The average Bonchev–Trinajstić information content (AvgIpc) is 2.70. The zero-order valence-electron chi connectivity index (χ0n) is 15.7. The van der Waals surface area contributed by atoms with Crippen LogP contribution in [0.15, 0.2) is 54.6 Å². The van der Waals surface area contributed by atoms with Crippen LogP contribution in [0.5, 0.6) is 0 Å². The summed E-state index contributed by atoms with van der Waals surface area (Å²) < 4.78 is 13.1. The number of hydrogen-bond donors (Lipinski definition) is 1. The van der Waals surface area contributed by atoms with Crippen molar-refractivity contribution in [3.05, 3.63) is 71.5 Å². The van der Waals surface area contributed by atoms with Crippen LogP contribution in [-0.2, 0) is 21.9 Å². The van der Waals surface area contributed by atoms with Crippen LogP contribution in [0.4, 0.5) is 4.39 Å². The van der Waals surface area contributed by atoms with Gasteiger partial charge >= 0.3 is 0 Å². The molecule has 0 aromatic heterocycles. The number of likely N-dealkylation sites (N-methyl/N-ethyl adjacent to an activating group) is 1. The van der Waals surface area contributed by atoms with E-state index in [0.29, 0.717) is 12.2 Å². The summed E-state index contributed by atoms with van der Waals surface area (Å²) in [7, 11) is 1.55. The Labute approximate surface area is 164 Å². The molecule has 27 heavy (non-hydrogen) atoms. The van der Waals surface area contributed by atoms with E-state index < -0.39 is 6.04 Å². The normalized spacial score (nSPS) is 11.7. The second-order valence-electron chi connectivity index (χ2n) is 6.23. The van der Waals surface area contributed by atoms with Crippen LogP contribution < -0.4 is 5.32 Å². The number of hydrogen-bond acceptors (Lipinski definition) is 3. The Morgan fingerprint density at radius 1 is 1.07 bits per heavy atom. The molecule has 1 atom stereocenters. The van der Waals surface area contributed by atoms with Crippen LogP contribution in [0, 0.1) is 5.82 Å². The predicted octanol–water partition coefficient (Wildman–Crippen LogP) is 3.61. The van der Waals surface area contributed by atoms with E-state index in [1.54, 1.807) is 42.8 Å². The van der Waals surface area contributed by atoms with Gasteiger partial charge in [0.2, 0.25) is 11.8 Å². The van der Waals surface area contributed by atoms with Gasteiger partial charge in [-0.15, -0.1) is 0 Å². The van der Waals surface area contributed by atoms with Crippen LogP contribution in [0.3, 0.4) is 0 Å². The number of amides is 2. The van der Waals surface area contributed by atoms with Crippen LogP contribution in [0.2, 0.25) is 0 Å². The van der Waals surface area contributed by atoms with Crippen molar-refractivity contribution >= 4 is 23.6 Å². The van der Waals surface area contributed by atoms with E-state index in [4.69, 9.17) is 0 Å². The highest BCUT2D eigenvalue weighted by molar-refractivity contribution is 7.98. The van der Waals surface area contributed by atoms with Gasteiger partial charge in [0.1, 0.15) is 11.9 Å². The van der Waals surface area contributed by atoms with Gasteiger partial charge < -0.3 is 10.2 Å². The number of halogens is 1. The standard InChI is InChI=1S/C21H25FN2O2S/c1-16(21(26)23-2)24(14-17-8-10-19(22)11-9-17)20(25)12-13-27-15-18-6-4-3-5-7-18/h3-11,16H,12-15H2,1-2H3,(H,23,26)/t16-/m1/s1. The summed E-state index contributed by atoms with van der Waals surface area (Å²) in [4.78, 5) is 26.3. The van der Waals surface area contributed by atoms with Crippen molar-refractivity contribution in [3.8, 4) is 0 Å². The molecule has 0 fully saturated rings. The molecule has 0 aliphatic rings. The van der Waals surface area contributed by atoms with Gasteiger partial charge in [0.25, 0.3) is 0 Å². The molecule has 0 radical (unpaired) electrons. The highest BCUT2D eigenvalue weighted by Crippen LogP contribution is 2.16. The van der Waals surface area contributed by atoms with Crippen molar-refractivity contribution < 1.29 is 14.0 Å². The molecule has 0 aliphatic heterocycles. The maximum Gasteiger partial charge on any atom is 0.242 e. The predicted molar refractivity (Wildman–Crippen MR) is 108 cm³/mol. The first-order valence-corrected chi connectivity index (χ1v) is 10.0. The Morgan fingerprint density at radius 3 is 2.37 bits per heavy atom. The quantitative estimate of drug-likeness (QED) is 0.668. The maximum atomic E-state index is 13.1. The average molecular weight is 389 g/mol. The third-order valence-electron chi connectivity index (χ3n) is 4.25. The van der Waals surface area contributed by atoms with E-state index in [0.717, 1.165) is 11.3 Å². The van der Waals surface area contributed by atoms with Gasteiger partial charge in [-0.05, 0) is 30.2 Å². The lowest BCUT2D eigenvalue weighted by atomic mass is 10.1. The van der Waals surface area contributed by atoms with Crippen LogP contribution in [0.25, 0.3) is 0 Å². The Balaban J connectivity index is 1.95. The minimum absolute atomic E-state index is 0.0870. The number of benzene rings is 2. The first-order valence-electron chi connectivity index (χ1n) is 8.88. The van der Waals surface area contributed by atoms with Gasteiger partial charge in [-0.2, -0.15) is 11.8 Å². The Kier molecular flexibility index (Phi) is 8.33. The van der Waals surface area contributed by atoms with Crippen molar-refractivity contribution in [2.24, 2.45) is 0 Å². The summed E-state index contributed by atoms with van der Waals surface area (Å²) in [5.74, 6) is 0.886. The van der Waals surface area contributed by atoms with Crippen molar-refractivity contribution in [2.75, 3.05) is 12.8 Å². The Hall–Kier alpha value is -2.34. The minimum Gasteiger partial charge on any atom is -0.357 e. The molecule has 2 aromatic rings. The molecule has 2 amide bonds. The molecule has 0 unspecified atom stereocenters. The molecule has 0 spiro atoms. The summed E-state index contributed by atoms with van der Waals surface area (Å²) >= 11 is 1.69. The second-order valence-corrected chi connectivity index (χ2v) is 7.33. The van der Waals surface area contributed by atoms with Crippen LogP contribution in [-0.4, -0.2) is 35.6 Å². The third-order valence-corrected chi connectivity index (χ3v) is 5.28. The summed E-state index contributed by atoms with van der Waals surface area (Å²) in [5, 5.41) is 2.59. The highest BCUT2D eigenvalue weighted by Gasteiger charge is 2.25. The molecule has 1 N–H and O–H groups in total. The molecule has 144 valence electrons. The molecule has 0 bridgehead atoms. The Bertz CT molecular complexity index is 738. The molecule has 2 rings (SSSR count). The number of thioether (sulfide) groups is 1. The van der Waals surface area contributed by atoms with Gasteiger partial charge in [-0.3, -0.25) is 9.59 Å². The number of nitrogens with zero attached hydrogens (tertiary/aromatic N) is 1. The zero-order valence-corrected chi connectivity index (χ0v) is 16.5. The summed E-state index contributed by atoms with van der Waals surface area (Å²) in [6, 6.07) is 15.5. The van der Waals surface area contributed by atoms with Gasteiger partial charge in [0, 0.05) is 31.5 Å². The van der Waals surface area contributed by atoms with E-state index >= 15 is 0 Å². The van der Waals surface area contributed by atoms with Gasteiger partial charge in [0.15, 0.2) is 0 Å². The topological polar surface area (TPSA) is 49.4 Å². The van der Waals surface area contributed by atoms with E-state index in [1.165, 1.54) is 17.7 Å². The monoisotopic (exact) mass is 388 g/mol. The van der Waals surface area contributed by atoms with E-state index in [1.807, 2.05) is 18.2 Å². The van der Waals surface area contributed by atoms with Crippen molar-refractivity contribution in [3.63, 3.8) is 0 Å². The fourth-order valence-electron chi connectivity index (χ4n) is 2.65. The molecule has 0 aliphatic carbocycles. The smallest absolute Gasteiger partial charge is 0.242 e. The van der Waals surface area contributed by atoms with Crippen molar-refractivity contribution in [1.82, 2.24) is 10.2 Å². The Morgan fingerprint density at radius 2 is 1.74 bits per heavy atom. The molecule has 0 heterocycles. The molecule has 0 saturated heterocycles. The largest absolute Gasteiger partial charge is 0.357 e. The lowest BCUT2D eigenvalue weighted by Crippen LogP contribution is -2.46. The zero-order chi connectivity index (χ0) is 19.6. The van der Waals surface area contributed by atoms with E-state index in [9.17, 15) is 14.0 Å². The minimum atomic E-state index is -0.591. The molecular formula is C21H25FN2O2S. The number of carbonyl (C=O) groups excluding carboxylic acids is 2. The summed E-state index contributed by atoms with van der Waals surface area (Å²) in [5.41, 5.74) is 2.01. The lowest BCUT2D eigenvalue weighted by molar-refractivity contribution is -0.140. The molecule has 4 nitrogen and oxygen atoms in total. The molecule has 0 saturated carbocycles. The van der Waals surface area contributed by atoms with Gasteiger partial charge in [0.05, 0.1) is 0 Å². The van der Waals surface area contributed by atoms with Crippen LogP contribution in [0.1, 0.15) is 24.5 Å². The SMILES string of the molecule is CNC(=O)[C@@H](C)N(Cc1ccc(F)cc1)C(=O)CCSCc1ccccc1. The molecule has 6 heteroatoms. The van der Waals surface area contributed by atoms with Crippen molar-refractivity contribution in [2.45, 2.75) is 31.7 Å². The summed E-state index contributed by atoms with van der Waals surface area (Å²) in [6.07, 6.45) is 0.347. The highest BCUT2D eigenvalue weighted by atomic mass is 32.2. The number of nitrogens with one attached hydrogen (secondary N) is 1. The van der Waals surface area contributed by atoms with Crippen LogP contribution >= 0.6 is 11.8 Å². The van der Waals surface area contributed by atoms with Gasteiger partial charge in [-0.25, -0.2) is 4.39 Å². The first-order chi connectivity index (χ1) is 13.0. The third kappa shape index (κ3) is 6.71. The number of rotatable bonds is 9.